The number of halogens is 1. The molecule has 0 rings (SSSR count). The van der Waals surface area contributed by atoms with Gasteiger partial charge in [0, 0.05) is 32.1 Å². The number of carbonyl (C=O) groups is 1. The van der Waals surface area contributed by atoms with Crippen LogP contribution in [0.5, 0.6) is 0 Å². The van der Waals surface area contributed by atoms with E-state index in [1.165, 1.54) is 0 Å². The summed E-state index contributed by atoms with van der Waals surface area (Å²) in [7, 11) is 1.64. The van der Waals surface area contributed by atoms with Gasteiger partial charge in [-0.2, -0.15) is 0 Å². The third-order valence-corrected chi connectivity index (χ3v) is 1.97. The lowest BCUT2D eigenvalue weighted by Crippen LogP contribution is -2.31. The van der Waals surface area contributed by atoms with E-state index in [0.717, 1.165) is 6.42 Å². The second kappa shape index (κ2) is 7.37. The average Bonchev–Trinajstić information content (AvgIpc) is 2.10. The number of hydrogen-bond acceptors (Lipinski definition) is 2. The predicted octanol–water partition coefficient (Wildman–Crippen LogP) is 1.01. The Hall–Kier alpha value is -0.280. The fraction of sp³-hybridized carbons (Fsp3) is 0.875. The van der Waals surface area contributed by atoms with Gasteiger partial charge >= 0.3 is 0 Å². The molecule has 0 spiro atoms. The molecule has 0 heterocycles. The van der Waals surface area contributed by atoms with Crippen molar-refractivity contribution in [3.05, 3.63) is 0 Å². The molecule has 1 N–H and O–H groups in total. The van der Waals surface area contributed by atoms with Crippen molar-refractivity contribution in [3.8, 4) is 0 Å². The lowest BCUT2D eigenvalue weighted by molar-refractivity contribution is -0.123. The monoisotopic (exact) mass is 193 g/mol. The van der Waals surface area contributed by atoms with Crippen LogP contribution in [0.1, 0.15) is 13.3 Å². The van der Waals surface area contributed by atoms with E-state index >= 15 is 0 Å². The van der Waals surface area contributed by atoms with Gasteiger partial charge in [-0.1, -0.05) is 6.92 Å². The molecule has 0 fully saturated rings. The van der Waals surface area contributed by atoms with Crippen molar-refractivity contribution in [1.82, 2.24) is 5.32 Å². The summed E-state index contributed by atoms with van der Waals surface area (Å²) in [5.74, 6) is 0.283. The first kappa shape index (κ1) is 11.7. The predicted molar refractivity (Wildman–Crippen MR) is 49.4 cm³/mol. The second-order valence-corrected chi connectivity index (χ2v) is 3.00. The zero-order valence-corrected chi connectivity index (χ0v) is 8.36. The van der Waals surface area contributed by atoms with E-state index < -0.39 is 0 Å². The Kier molecular flexibility index (Phi) is 7.20. The summed E-state index contributed by atoms with van der Waals surface area (Å²) in [5, 5.41) is 2.76. The third kappa shape index (κ3) is 5.38. The summed E-state index contributed by atoms with van der Waals surface area (Å²) >= 11 is 5.50. The molecule has 1 amide bonds. The number of rotatable bonds is 6. The fourth-order valence-corrected chi connectivity index (χ4v) is 0.813. The summed E-state index contributed by atoms with van der Waals surface area (Å²) in [5.41, 5.74) is 0. The van der Waals surface area contributed by atoms with Gasteiger partial charge in [0.05, 0.1) is 0 Å². The molecule has 0 aromatic rings. The Labute approximate surface area is 78.4 Å². The molecule has 0 aromatic carbocycles. The van der Waals surface area contributed by atoms with Gasteiger partial charge < -0.3 is 10.1 Å². The summed E-state index contributed by atoms with van der Waals surface area (Å²) in [4.78, 5) is 11.1. The SMILES string of the molecule is COCCCNC(=O)C(C)CCl. The van der Waals surface area contributed by atoms with Crippen LogP contribution in [0.4, 0.5) is 0 Å². The van der Waals surface area contributed by atoms with Gasteiger partial charge in [0.1, 0.15) is 0 Å². The summed E-state index contributed by atoms with van der Waals surface area (Å²) in [6.07, 6.45) is 0.844. The molecule has 1 unspecified atom stereocenters. The number of nitrogens with one attached hydrogen (secondary N) is 1. The van der Waals surface area contributed by atoms with Crippen molar-refractivity contribution in [2.24, 2.45) is 5.92 Å². The maximum Gasteiger partial charge on any atom is 0.224 e. The van der Waals surface area contributed by atoms with Gasteiger partial charge in [-0.3, -0.25) is 4.79 Å². The Balaban J connectivity index is 3.31. The molecule has 0 aliphatic carbocycles. The van der Waals surface area contributed by atoms with E-state index in [-0.39, 0.29) is 11.8 Å². The van der Waals surface area contributed by atoms with Crippen molar-refractivity contribution in [3.63, 3.8) is 0 Å². The molecule has 0 saturated carbocycles. The third-order valence-electron chi connectivity index (χ3n) is 1.50. The van der Waals surface area contributed by atoms with Crippen LogP contribution >= 0.6 is 11.6 Å². The van der Waals surface area contributed by atoms with Crippen molar-refractivity contribution in [2.75, 3.05) is 26.1 Å². The summed E-state index contributed by atoms with van der Waals surface area (Å²) in [6, 6.07) is 0. The highest BCUT2D eigenvalue weighted by molar-refractivity contribution is 6.19. The van der Waals surface area contributed by atoms with E-state index in [1.54, 1.807) is 14.0 Å². The van der Waals surface area contributed by atoms with Crippen molar-refractivity contribution >= 4 is 17.5 Å². The van der Waals surface area contributed by atoms with Gasteiger partial charge in [-0.05, 0) is 6.42 Å². The van der Waals surface area contributed by atoms with Gasteiger partial charge in [0.25, 0.3) is 0 Å². The van der Waals surface area contributed by atoms with Crippen molar-refractivity contribution in [1.29, 1.82) is 0 Å². The van der Waals surface area contributed by atoms with E-state index in [1.807, 2.05) is 0 Å². The number of methoxy groups -OCH3 is 1. The van der Waals surface area contributed by atoms with Crippen molar-refractivity contribution < 1.29 is 9.53 Å². The Bertz CT molecular complexity index is 130. The number of hydrogen-bond donors (Lipinski definition) is 1. The zero-order chi connectivity index (χ0) is 9.40. The molecule has 0 aromatic heterocycles. The van der Waals surface area contributed by atoms with E-state index in [4.69, 9.17) is 16.3 Å². The quantitative estimate of drug-likeness (QED) is 0.505. The lowest BCUT2D eigenvalue weighted by Gasteiger charge is -2.08. The molecule has 0 radical (unpaired) electrons. The van der Waals surface area contributed by atoms with Crippen LogP contribution in [0, 0.1) is 5.92 Å². The van der Waals surface area contributed by atoms with E-state index in [9.17, 15) is 4.79 Å². The van der Waals surface area contributed by atoms with Gasteiger partial charge in [0.15, 0.2) is 0 Å². The van der Waals surface area contributed by atoms with E-state index in [2.05, 4.69) is 5.32 Å². The Morgan fingerprint density at radius 3 is 2.83 bits per heavy atom. The molecule has 3 nitrogen and oxygen atoms in total. The van der Waals surface area contributed by atoms with Gasteiger partial charge in [0.2, 0.25) is 5.91 Å². The highest BCUT2D eigenvalue weighted by Crippen LogP contribution is 1.96. The number of amides is 1. The minimum absolute atomic E-state index is 0.0149. The van der Waals surface area contributed by atoms with Crippen molar-refractivity contribution in [2.45, 2.75) is 13.3 Å². The largest absolute Gasteiger partial charge is 0.385 e. The molecule has 72 valence electrons. The summed E-state index contributed by atoms with van der Waals surface area (Å²) < 4.78 is 4.83. The van der Waals surface area contributed by atoms with Crippen LogP contribution in [0.25, 0.3) is 0 Å². The van der Waals surface area contributed by atoms with Gasteiger partial charge in [-0.15, -0.1) is 11.6 Å². The molecule has 0 saturated heterocycles. The standard InChI is InChI=1S/C8H16ClNO2/c1-7(6-9)8(11)10-4-3-5-12-2/h7H,3-6H2,1-2H3,(H,10,11). The maximum absolute atomic E-state index is 11.1. The molecule has 12 heavy (non-hydrogen) atoms. The van der Waals surface area contributed by atoms with Crippen LogP contribution in [0.15, 0.2) is 0 Å². The number of carbonyl (C=O) groups excluding carboxylic acids is 1. The van der Waals surface area contributed by atoms with Gasteiger partial charge in [-0.25, -0.2) is 0 Å². The number of alkyl halides is 1. The zero-order valence-electron chi connectivity index (χ0n) is 7.60. The normalized spacial score (nSPS) is 12.6. The molecule has 1 atom stereocenters. The van der Waals surface area contributed by atoms with Crippen LogP contribution < -0.4 is 5.32 Å². The number of ether oxygens (including phenoxy) is 1. The highest BCUT2D eigenvalue weighted by atomic mass is 35.5. The van der Waals surface area contributed by atoms with Crippen LogP contribution in [0.2, 0.25) is 0 Å². The van der Waals surface area contributed by atoms with E-state index in [0.29, 0.717) is 19.0 Å². The highest BCUT2D eigenvalue weighted by Gasteiger charge is 2.09. The summed E-state index contributed by atoms with van der Waals surface area (Å²) in [6.45, 7) is 3.14. The molecule has 0 bridgehead atoms. The average molecular weight is 194 g/mol. The molecule has 0 aliphatic rings. The Morgan fingerprint density at radius 1 is 1.67 bits per heavy atom. The molecular weight excluding hydrogens is 178 g/mol. The molecular formula is C8H16ClNO2. The molecule has 4 heteroatoms. The first-order valence-electron chi connectivity index (χ1n) is 4.05. The lowest BCUT2D eigenvalue weighted by atomic mass is 10.2. The molecule has 0 aliphatic heterocycles. The first-order chi connectivity index (χ1) is 5.72. The second-order valence-electron chi connectivity index (χ2n) is 2.69. The first-order valence-corrected chi connectivity index (χ1v) is 4.58. The topological polar surface area (TPSA) is 38.3 Å². The minimum atomic E-state index is -0.103. The Morgan fingerprint density at radius 2 is 2.33 bits per heavy atom. The fourth-order valence-electron chi connectivity index (χ4n) is 0.672. The smallest absolute Gasteiger partial charge is 0.224 e. The van der Waals surface area contributed by atoms with Crippen LogP contribution in [-0.4, -0.2) is 32.0 Å². The maximum atomic E-state index is 11.1. The minimum Gasteiger partial charge on any atom is -0.385 e. The van der Waals surface area contributed by atoms with Crippen LogP contribution in [-0.2, 0) is 9.53 Å². The van der Waals surface area contributed by atoms with Crippen LogP contribution in [0.3, 0.4) is 0 Å².